The maximum atomic E-state index is 6.29. The monoisotopic (exact) mass is 502 g/mol. The van der Waals surface area contributed by atoms with Crippen LogP contribution in [0, 0.1) is 5.92 Å². The highest BCUT2D eigenvalue weighted by Crippen LogP contribution is 2.47. The van der Waals surface area contributed by atoms with Gasteiger partial charge in [-0.2, -0.15) is 0 Å². The molecule has 2 aliphatic carbocycles. The third-order valence-electron chi connectivity index (χ3n) is 8.61. The number of hydrogen-bond acceptors (Lipinski definition) is 3. The summed E-state index contributed by atoms with van der Waals surface area (Å²) in [5.41, 5.74) is 6.76. The van der Waals surface area contributed by atoms with E-state index in [1.165, 1.54) is 27.8 Å². The molecule has 0 bridgehead atoms. The molecule has 7 rings (SSSR count). The molecule has 4 aromatic rings. The molecule has 0 aromatic heterocycles. The first-order valence-electron chi connectivity index (χ1n) is 14.0. The molecular formula is C35H34O3. The molecule has 3 nitrogen and oxygen atoms in total. The van der Waals surface area contributed by atoms with Gasteiger partial charge in [-0.1, -0.05) is 78.9 Å². The van der Waals surface area contributed by atoms with E-state index in [4.69, 9.17) is 14.2 Å². The van der Waals surface area contributed by atoms with Crippen LogP contribution in [0.1, 0.15) is 58.9 Å². The van der Waals surface area contributed by atoms with E-state index in [0.717, 1.165) is 43.8 Å². The Hall–Kier alpha value is -3.56. The van der Waals surface area contributed by atoms with Gasteiger partial charge in [-0.15, -0.1) is 0 Å². The fraction of sp³-hybridized carbons (Fsp3) is 0.314. The van der Waals surface area contributed by atoms with Gasteiger partial charge in [-0.05, 0) is 89.6 Å². The van der Waals surface area contributed by atoms with Gasteiger partial charge >= 0.3 is 0 Å². The van der Waals surface area contributed by atoms with Crippen LogP contribution in [-0.2, 0) is 17.8 Å². The van der Waals surface area contributed by atoms with Crippen LogP contribution in [0.25, 0.3) is 0 Å². The predicted molar refractivity (Wildman–Crippen MR) is 150 cm³/mol. The summed E-state index contributed by atoms with van der Waals surface area (Å²) >= 11 is 0. The van der Waals surface area contributed by atoms with Crippen LogP contribution < -0.4 is 9.47 Å². The van der Waals surface area contributed by atoms with E-state index in [2.05, 4.69) is 97.1 Å². The van der Waals surface area contributed by atoms with Gasteiger partial charge in [0.15, 0.2) is 0 Å². The Morgan fingerprint density at radius 1 is 0.737 bits per heavy atom. The first kappa shape index (κ1) is 23.5. The molecule has 3 heteroatoms. The fourth-order valence-corrected chi connectivity index (χ4v) is 6.38. The van der Waals surface area contributed by atoms with Gasteiger partial charge in [-0.3, -0.25) is 0 Å². The average molecular weight is 503 g/mol. The number of ether oxygens (including phenoxy) is 3. The van der Waals surface area contributed by atoms with Crippen molar-refractivity contribution in [1.82, 2.24) is 0 Å². The van der Waals surface area contributed by atoms with Crippen molar-refractivity contribution in [2.45, 2.75) is 56.3 Å². The predicted octanol–water partition coefficient (Wildman–Crippen LogP) is 7.68. The molecule has 1 saturated carbocycles. The van der Waals surface area contributed by atoms with Crippen molar-refractivity contribution in [1.29, 1.82) is 0 Å². The summed E-state index contributed by atoms with van der Waals surface area (Å²) < 4.78 is 17.9. The maximum absolute atomic E-state index is 6.29. The Morgan fingerprint density at radius 3 is 2.18 bits per heavy atom. The zero-order valence-corrected chi connectivity index (χ0v) is 21.7. The SMILES string of the molecule is c1ccc(COc2ccc3c(c2)CC[C@H](c2ccccc2)[C@@H]3c2ccc(OC3CC(C4CO4)C3)cc2)cc1. The van der Waals surface area contributed by atoms with Crippen LogP contribution >= 0.6 is 0 Å². The molecule has 4 aromatic carbocycles. The van der Waals surface area contributed by atoms with Gasteiger partial charge in [0.25, 0.3) is 0 Å². The fourth-order valence-electron chi connectivity index (χ4n) is 6.38. The average Bonchev–Trinajstić information content (AvgIpc) is 3.79. The Bertz CT molecular complexity index is 1360. The number of benzene rings is 4. The molecule has 2 fully saturated rings. The number of rotatable bonds is 8. The zero-order chi connectivity index (χ0) is 25.3. The van der Waals surface area contributed by atoms with Crippen molar-refractivity contribution >= 4 is 0 Å². The minimum absolute atomic E-state index is 0.304. The summed E-state index contributed by atoms with van der Waals surface area (Å²) in [5, 5.41) is 0. The summed E-state index contributed by atoms with van der Waals surface area (Å²) in [7, 11) is 0. The first-order chi connectivity index (χ1) is 18.8. The van der Waals surface area contributed by atoms with E-state index in [0.29, 0.717) is 36.6 Å². The first-order valence-corrected chi connectivity index (χ1v) is 14.0. The van der Waals surface area contributed by atoms with Crippen molar-refractivity contribution in [2.24, 2.45) is 5.92 Å². The standard InChI is InChI=1S/C35H34O3/c1-3-7-24(8-4-1)22-36-30-16-18-33-27(19-30)13-17-32(25-9-5-2-6-10-25)35(33)26-11-14-29(15-12-26)38-31-20-28(21-31)34-23-37-34/h1-12,14-16,18-19,28,31-32,34-35H,13,17,20-23H2/t28?,31?,32-,34?,35+/m1/s1. The van der Waals surface area contributed by atoms with E-state index in [1.54, 1.807) is 0 Å². The number of fused-ring (bicyclic) bond motifs is 1. The van der Waals surface area contributed by atoms with Crippen LogP contribution in [-0.4, -0.2) is 18.8 Å². The highest BCUT2D eigenvalue weighted by Gasteiger charge is 2.42. The molecule has 1 unspecified atom stereocenters. The number of aryl methyl sites for hydroxylation is 1. The molecule has 0 N–H and O–H groups in total. The lowest BCUT2D eigenvalue weighted by Gasteiger charge is -2.36. The molecule has 38 heavy (non-hydrogen) atoms. The molecule has 0 spiro atoms. The quantitative estimate of drug-likeness (QED) is 0.232. The van der Waals surface area contributed by atoms with E-state index in [1.807, 2.05) is 6.07 Å². The van der Waals surface area contributed by atoms with Crippen molar-refractivity contribution < 1.29 is 14.2 Å². The van der Waals surface area contributed by atoms with Crippen LogP contribution in [0.5, 0.6) is 11.5 Å². The van der Waals surface area contributed by atoms with Crippen molar-refractivity contribution in [2.75, 3.05) is 6.61 Å². The third kappa shape index (κ3) is 4.96. The van der Waals surface area contributed by atoms with Crippen molar-refractivity contribution in [3.63, 3.8) is 0 Å². The van der Waals surface area contributed by atoms with Gasteiger partial charge in [-0.25, -0.2) is 0 Å². The van der Waals surface area contributed by atoms with E-state index in [9.17, 15) is 0 Å². The third-order valence-corrected chi connectivity index (χ3v) is 8.61. The minimum Gasteiger partial charge on any atom is -0.490 e. The Kier molecular flexibility index (Phi) is 6.39. The van der Waals surface area contributed by atoms with Gasteiger partial charge in [0.2, 0.25) is 0 Å². The van der Waals surface area contributed by atoms with Gasteiger partial charge in [0, 0.05) is 5.92 Å². The van der Waals surface area contributed by atoms with Gasteiger partial charge in [0.1, 0.15) is 18.1 Å². The summed E-state index contributed by atoms with van der Waals surface area (Å²) in [5.74, 6) is 3.37. The molecule has 0 radical (unpaired) electrons. The topological polar surface area (TPSA) is 31.0 Å². The van der Waals surface area contributed by atoms with Crippen LogP contribution in [0.3, 0.4) is 0 Å². The second-order valence-electron chi connectivity index (χ2n) is 11.1. The molecule has 1 aliphatic heterocycles. The minimum atomic E-state index is 0.304. The van der Waals surface area contributed by atoms with E-state index < -0.39 is 0 Å². The lowest BCUT2D eigenvalue weighted by Crippen LogP contribution is -2.36. The molecule has 3 aliphatic rings. The summed E-state index contributed by atoms with van der Waals surface area (Å²) in [6, 6.07) is 37.0. The Labute approximate surface area is 225 Å². The molecule has 1 heterocycles. The largest absolute Gasteiger partial charge is 0.490 e. The van der Waals surface area contributed by atoms with Crippen LogP contribution in [0.15, 0.2) is 103 Å². The summed E-state index contributed by atoms with van der Waals surface area (Å²) in [4.78, 5) is 0. The zero-order valence-electron chi connectivity index (χ0n) is 21.7. The molecule has 192 valence electrons. The second-order valence-corrected chi connectivity index (χ2v) is 11.1. The lowest BCUT2D eigenvalue weighted by atomic mass is 9.69. The van der Waals surface area contributed by atoms with Crippen molar-refractivity contribution in [3.8, 4) is 11.5 Å². The van der Waals surface area contributed by atoms with Crippen LogP contribution in [0.2, 0.25) is 0 Å². The lowest BCUT2D eigenvalue weighted by molar-refractivity contribution is 0.0497. The highest BCUT2D eigenvalue weighted by molar-refractivity contribution is 5.48. The molecule has 0 amide bonds. The highest BCUT2D eigenvalue weighted by atomic mass is 16.6. The van der Waals surface area contributed by atoms with Crippen molar-refractivity contribution in [3.05, 3.63) is 131 Å². The van der Waals surface area contributed by atoms with Gasteiger partial charge in [0.05, 0.1) is 18.8 Å². The smallest absolute Gasteiger partial charge is 0.120 e. The number of epoxide rings is 1. The molecule has 3 atom stereocenters. The van der Waals surface area contributed by atoms with E-state index in [-0.39, 0.29) is 0 Å². The Balaban J connectivity index is 1.13. The second kappa shape index (κ2) is 10.3. The summed E-state index contributed by atoms with van der Waals surface area (Å²) in [6.45, 7) is 1.53. The molecular weight excluding hydrogens is 468 g/mol. The van der Waals surface area contributed by atoms with Gasteiger partial charge < -0.3 is 14.2 Å². The van der Waals surface area contributed by atoms with E-state index >= 15 is 0 Å². The molecule has 1 saturated heterocycles. The normalized spacial score (nSPS) is 25.6. The number of hydrogen-bond donors (Lipinski definition) is 0. The summed E-state index contributed by atoms with van der Waals surface area (Å²) in [6.07, 6.45) is 5.25. The Morgan fingerprint density at radius 2 is 1.45 bits per heavy atom. The van der Waals surface area contributed by atoms with Crippen LogP contribution in [0.4, 0.5) is 0 Å². The maximum Gasteiger partial charge on any atom is 0.120 e.